The van der Waals surface area contributed by atoms with E-state index in [0.29, 0.717) is 40.0 Å². The molecule has 0 amide bonds. The molecule has 0 saturated carbocycles. The molecule has 0 saturated heterocycles. The summed E-state index contributed by atoms with van der Waals surface area (Å²) in [5.41, 5.74) is 3.38. The van der Waals surface area contributed by atoms with E-state index in [4.69, 9.17) is 22.0 Å². The van der Waals surface area contributed by atoms with Crippen molar-refractivity contribution in [2.75, 3.05) is 0 Å². The fourth-order valence-electron chi connectivity index (χ4n) is 4.52. The summed E-state index contributed by atoms with van der Waals surface area (Å²) >= 11 is 6.17. The van der Waals surface area contributed by atoms with E-state index in [9.17, 15) is 14.7 Å². The molecule has 184 valence electrons. The molecule has 2 aromatic heterocycles. The second kappa shape index (κ2) is 12.0. The molecular formula is C27H30ClN3O4. The van der Waals surface area contributed by atoms with E-state index in [0.717, 1.165) is 30.5 Å². The summed E-state index contributed by atoms with van der Waals surface area (Å²) in [4.78, 5) is 28.7. The van der Waals surface area contributed by atoms with Crippen molar-refractivity contribution >= 4 is 34.4 Å². The summed E-state index contributed by atoms with van der Waals surface area (Å²) in [6, 6.07) is 10.8. The van der Waals surface area contributed by atoms with Crippen LogP contribution in [0.4, 0.5) is 0 Å². The lowest BCUT2D eigenvalue weighted by atomic mass is 9.94. The molecule has 2 heterocycles. The number of nitrogens with zero attached hydrogens (tertiary/aromatic N) is 3. The fraction of sp³-hybridized carbons (Fsp3) is 0.407. The quantitative estimate of drug-likeness (QED) is 0.249. The van der Waals surface area contributed by atoms with E-state index < -0.39 is 12.1 Å². The number of unbranched alkanes of at least 4 members (excludes halogenated alkanes) is 2. The molecule has 8 heteroatoms. The maximum atomic E-state index is 13.3. The van der Waals surface area contributed by atoms with Gasteiger partial charge in [0.25, 0.3) is 0 Å². The minimum absolute atomic E-state index is 0.0650. The number of aliphatic hydroxyl groups excluding tert-OH is 1. The van der Waals surface area contributed by atoms with Gasteiger partial charge >= 0.3 is 5.97 Å². The summed E-state index contributed by atoms with van der Waals surface area (Å²) < 4.78 is 1.92. The van der Waals surface area contributed by atoms with Gasteiger partial charge in [0.05, 0.1) is 22.8 Å². The number of pyridine rings is 1. The second-order valence-electron chi connectivity index (χ2n) is 9.09. The number of ketones is 1. The van der Waals surface area contributed by atoms with Crippen LogP contribution >= 0.6 is 11.6 Å². The van der Waals surface area contributed by atoms with Crippen molar-refractivity contribution in [1.29, 1.82) is 5.26 Å². The van der Waals surface area contributed by atoms with Crippen molar-refractivity contribution in [2.45, 2.75) is 58.0 Å². The van der Waals surface area contributed by atoms with E-state index in [-0.39, 0.29) is 24.5 Å². The number of nitriles is 1. The first-order chi connectivity index (χ1) is 16.7. The van der Waals surface area contributed by atoms with Crippen LogP contribution in [-0.4, -0.2) is 31.5 Å². The zero-order chi connectivity index (χ0) is 25.5. The fourth-order valence-corrected chi connectivity index (χ4v) is 4.67. The lowest BCUT2D eigenvalue weighted by Gasteiger charge is -2.12. The second-order valence-corrected chi connectivity index (χ2v) is 9.52. The summed E-state index contributed by atoms with van der Waals surface area (Å²) in [5.74, 6) is -1.30. The highest BCUT2D eigenvalue weighted by atomic mass is 35.5. The van der Waals surface area contributed by atoms with Gasteiger partial charge in [0, 0.05) is 42.7 Å². The van der Waals surface area contributed by atoms with Crippen molar-refractivity contribution in [3.05, 3.63) is 63.9 Å². The number of aromatic nitrogens is 2. The number of Topliss-reactive ketones (excluding diaryl/α,β-unsaturated/α-hetero) is 1. The van der Waals surface area contributed by atoms with E-state index >= 15 is 0 Å². The number of carboxylic acid groups (broad SMARTS) is 1. The average Bonchev–Trinajstić information content (AvgIpc) is 3.08. The van der Waals surface area contributed by atoms with Gasteiger partial charge in [-0.3, -0.25) is 9.59 Å². The normalized spacial score (nSPS) is 12.9. The van der Waals surface area contributed by atoms with Crippen LogP contribution in [0.3, 0.4) is 0 Å². The SMILES string of the molecule is CC(CC(=O)O)CC(=O)c1c(CCCCCC(O)c2cccc(C#N)c2)n(C)c2ncc(Cl)cc12. The third-order valence-electron chi connectivity index (χ3n) is 6.24. The van der Waals surface area contributed by atoms with Gasteiger partial charge in [-0.2, -0.15) is 5.26 Å². The number of benzene rings is 1. The van der Waals surface area contributed by atoms with Crippen LogP contribution in [0.25, 0.3) is 11.0 Å². The number of fused-ring (bicyclic) bond motifs is 1. The lowest BCUT2D eigenvalue weighted by molar-refractivity contribution is -0.137. The Morgan fingerprint density at radius 3 is 2.69 bits per heavy atom. The van der Waals surface area contributed by atoms with Gasteiger partial charge in [-0.05, 0) is 48.9 Å². The molecule has 2 atom stereocenters. The molecule has 0 fully saturated rings. The molecule has 7 nitrogen and oxygen atoms in total. The lowest BCUT2D eigenvalue weighted by Crippen LogP contribution is -2.12. The van der Waals surface area contributed by atoms with E-state index in [1.807, 2.05) is 17.7 Å². The topological polar surface area (TPSA) is 116 Å². The summed E-state index contributed by atoms with van der Waals surface area (Å²) in [6.07, 6.45) is 4.70. The first kappa shape index (κ1) is 26.4. The van der Waals surface area contributed by atoms with Crippen LogP contribution in [0, 0.1) is 17.2 Å². The van der Waals surface area contributed by atoms with Crippen molar-refractivity contribution in [2.24, 2.45) is 13.0 Å². The number of aryl methyl sites for hydroxylation is 1. The van der Waals surface area contributed by atoms with Crippen molar-refractivity contribution in [3.63, 3.8) is 0 Å². The maximum Gasteiger partial charge on any atom is 0.303 e. The van der Waals surface area contributed by atoms with Crippen LogP contribution < -0.4 is 0 Å². The Hall–Kier alpha value is -3.21. The number of hydrogen-bond acceptors (Lipinski definition) is 5. The van der Waals surface area contributed by atoms with Crippen LogP contribution in [-0.2, 0) is 18.3 Å². The summed E-state index contributed by atoms with van der Waals surface area (Å²) in [6.45, 7) is 1.76. The van der Waals surface area contributed by atoms with Gasteiger partial charge in [-0.15, -0.1) is 0 Å². The maximum absolute atomic E-state index is 13.3. The predicted octanol–water partition coefficient (Wildman–Crippen LogP) is 5.62. The molecule has 35 heavy (non-hydrogen) atoms. The Balaban J connectivity index is 1.69. The van der Waals surface area contributed by atoms with Gasteiger partial charge in [0.1, 0.15) is 5.65 Å². The van der Waals surface area contributed by atoms with Crippen LogP contribution in [0.2, 0.25) is 5.02 Å². The Bertz CT molecular complexity index is 1260. The molecule has 0 radical (unpaired) electrons. The largest absolute Gasteiger partial charge is 0.481 e. The van der Waals surface area contributed by atoms with Crippen LogP contribution in [0.15, 0.2) is 36.5 Å². The van der Waals surface area contributed by atoms with Gasteiger partial charge in [0.2, 0.25) is 0 Å². The number of aliphatic hydroxyl groups is 1. The number of halogens is 1. The molecule has 2 N–H and O–H groups in total. The van der Waals surface area contributed by atoms with Crippen LogP contribution in [0.1, 0.15) is 78.7 Å². The van der Waals surface area contributed by atoms with E-state index in [1.54, 1.807) is 37.4 Å². The number of aliphatic carboxylic acids is 1. The van der Waals surface area contributed by atoms with E-state index in [2.05, 4.69) is 11.1 Å². The van der Waals surface area contributed by atoms with Gasteiger partial charge in [-0.25, -0.2) is 4.98 Å². The molecule has 2 unspecified atom stereocenters. The molecule has 3 rings (SSSR count). The molecule has 0 aliphatic heterocycles. The third kappa shape index (κ3) is 6.68. The van der Waals surface area contributed by atoms with Gasteiger partial charge < -0.3 is 14.8 Å². The Morgan fingerprint density at radius 1 is 1.20 bits per heavy atom. The zero-order valence-corrected chi connectivity index (χ0v) is 20.8. The number of carbonyl (C=O) groups excluding carboxylic acids is 1. The summed E-state index contributed by atoms with van der Waals surface area (Å²) in [5, 5.41) is 29.7. The summed E-state index contributed by atoms with van der Waals surface area (Å²) in [7, 11) is 1.88. The number of rotatable bonds is 12. The highest BCUT2D eigenvalue weighted by Crippen LogP contribution is 2.30. The minimum Gasteiger partial charge on any atom is -0.481 e. The first-order valence-electron chi connectivity index (χ1n) is 11.8. The highest BCUT2D eigenvalue weighted by molar-refractivity contribution is 6.31. The molecule has 0 aliphatic carbocycles. The zero-order valence-electron chi connectivity index (χ0n) is 20.0. The van der Waals surface area contributed by atoms with Crippen molar-refractivity contribution < 1.29 is 19.8 Å². The average molecular weight is 496 g/mol. The molecule has 0 aliphatic rings. The van der Waals surface area contributed by atoms with Crippen LogP contribution in [0.5, 0.6) is 0 Å². The Labute approximate surface area is 210 Å². The van der Waals surface area contributed by atoms with Gasteiger partial charge in [-0.1, -0.05) is 43.5 Å². The standard InChI is InChI=1S/C27H30ClN3O4/c1-17(12-25(34)35)11-24(33)26-21-14-20(28)16-30-27(21)31(2)22(26)9-4-3-5-10-23(32)19-8-6-7-18(13-19)15-29/h6-8,13-14,16-17,23,32H,3-5,9-12H2,1-2H3,(H,34,35). The van der Waals surface area contributed by atoms with Gasteiger partial charge in [0.15, 0.2) is 5.78 Å². The highest BCUT2D eigenvalue weighted by Gasteiger charge is 2.24. The smallest absolute Gasteiger partial charge is 0.303 e. The Kier molecular flexibility index (Phi) is 9.02. The number of carboxylic acids is 1. The number of carbonyl (C=O) groups is 2. The monoisotopic (exact) mass is 495 g/mol. The van der Waals surface area contributed by atoms with Crippen molar-refractivity contribution in [1.82, 2.24) is 9.55 Å². The first-order valence-corrected chi connectivity index (χ1v) is 12.1. The number of hydrogen-bond donors (Lipinski definition) is 2. The third-order valence-corrected chi connectivity index (χ3v) is 6.45. The predicted molar refractivity (Wildman–Crippen MR) is 134 cm³/mol. The molecule has 0 spiro atoms. The molecule has 1 aromatic carbocycles. The Morgan fingerprint density at radius 2 is 1.97 bits per heavy atom. The molecule has 0 bridgehead atoms. The van der Waals surface area contributed by atoms with Crippen molar-refractivity contribution in [3.8, 4) is 6.07 Å². The molecule has 3 aromatic rings. The minimum atomic E-state index is -0.922. The van der Waals surface area contributed by atoms with E-state index in [1.165, 1.54) is 0 Å². The molecular weight excluding hydrogens is 466 g/mol.